The Hall–Kier alpha value is -4.09. The highest BCUT2D eigenvalue weighted by atomic mass is 16.3. The Balaban J connectivity index is 2.14. The maximum Gasteiger partial charge on any atom is 0.331 e. The van der Waals surface area contributed by atoms with E-state index in [2.05, 4.69) is 4.98 Å². The number of benzene rings is 1. The fraction of sp³-hybridized carbons (Fsp3) is 0.320. The van der Waals surface area contributed by atoms with Gasteiger partial charge in [0.05, 0.1) is 16.8 Å². The molecule has 11 nitrogen and oxygen atoms in total. The van der Waals surface area contributed by atoms with Gasteiger partial charge in [-0.2, -0.15) is 0 Å². The number of rotatable bonds is 7. The summed E-state index contributed by atoms with van der Waals surface area (Å²) in [6, 6.07) is 2.89. The summed E-state index contributed by atoms with van der Waals surface area (Å²) >= 11 is 0. The number of hydrogen-bond donors (Lipinski definition) is 5. The molecule has 36 heavy (non-hydrogen) atoms. The number of ketones is 2. The van der Waals surface area contributed by atoms with Gasteiger partial charge in [0.15, 0.2) is 17.3 Å². The van der Waals surface area contributed by atoms with Crippen LogP contribution in [0.5, 0.6) is 17.4 Å². The Morgan fingerprint density at radius 1 is 0.917 bits per heavy atom. The van der Waals surface area contributed by atoms with E-state index in [1.165, 1.54) is 26.4 Å². The number of nitrogens with zero attached hydrogens (tertiary/aromatic N) is 3. The topological polar surface area (TPSA) is 167 Å². The van der Waals surface area contributed by atoms with E-state index in [1.807, 2.05) is 19.0 Å². The van der Waals surface area contributed by atoms with Crippen molar-refractivity contribution in [3.05, 3.63) is 62.5 Å². The van der Waals surface area contributed by atoms with Crippen LogP contribution in [0.15, 0.2) is 23.1 Å². The van der Waals surface area contributed by atoms with Crippen molar-refractivity contribution >= 4 is 22.7 Å². The Bertz CT molecular complexity index is 1490. The summed E-state index contributed by atoms with van der Waals surface area (Å²) in [6.45, 7) is 0.778. The fourth-order valence-corrected chi connectivity index (χ4v) is 4.65. The quantitative estimate of drug-likeness (QED) is 0.300. The zero-order valence-electron chi connectivity index (χ0n) is 20.5. The molecule has 4 rings (SSSR count). The van der Waals surface area contributed by atoms with Crippen molar-refractivity contribution in [2.45, 2.75) is 12.8 Å². The van der Waals surface area contributed by atoms with Crippen LogP contribution in [-0.4, -0.2) is 73.1 Å². The van der Waals surface area contributed by atoms with Crippen LogP contribution in [0, 0.1) is 0 Å². The number of nitrogens with one attached hydrogen (secondary N) is 1. The minimum absolute atomic E-state index is 0.0175. The van der Waals surface area contributed by atoms with E-state index >= 15 is 0 Å². The Kier molecular flexibility index (Phi) is 6.37. The molecule has 1 aliphatic rings. The Morgan fingerprint density at radius 2 is 1.61 bits per heavy atom. The average Bonchev–Trinajstić information content (AvgIpc) is 3.33. The number of carbonyl (C=O) groups excluding carboxylic acids is 2. The molecular weight excluding hydrogens is 466 g/mol. The molecule has 0 spiro atoms. The maximum absolute atomic E-state index is 14.0. The van der Waals surface area contributed by atoms with E-state index in [0.717, 1.165) is 9.13 Å². The number of Topliss-reactive ketones (excluding diaryl/α,β-unsaturated/α-hetero) is 2. The molecule has 0 saturated carbocycles. The number of phenolic OH excluding ortho intramolecular Hbond substituents is 2. The van der Waals surface area contributed by atoms with Crippen molar-refractivity contribution in [1.29, 1.82) is 0 Å². The zero-order chi connectivity index (χ0) is 26.5. The van der Waals surface area contributed by atoms with Gasteiger partial charge in [0.2, 0.25) is 11.7 Å². The first-order valence-electron chi connectivity index (χ1n) is 11.4. The molecule has 3 aromatic rings. The number of carbonyl (C=O) groups is 2. The van der Waals surface area contributed by atoms with Gasteiger partial charge in [0.1, 0.15) is 5.69 Å². The SMILES string of the molecule is CN(C)CCc1ccc(O)c(O)c1C1=C(c2c(O)n(C)c(=O)n2C)C(=O)c2c(CCN)c[nH]c2C1=O. The van der Waals surface area contributed by atoms with Crippen LogP contribution in [0.4, 0.5) is 0 Å². The number of nitrogens with two attached hydrogens (primary N) is 1. The highest BCUT2D eigenvalue weighted by Crippen LogP contribution is 2.46. The van der Waals surface area contributed by atoms with Crippen molar-refractivity contribution in [1.82, 2.24) is 19.0 Å². The van der Waals surface area contributed by atoms with E-state index in [1.54, 1.807) is 6.07 Å². The van der Waals surface area contributed by atoms with Crippen molar-refractivity contribution < 1.29 is 24.9 Å². The van der Waals surface area contributed by atoms with Crippen molar-refractivity contribution in [2.75, 3.05) is 27.2 Å². The minimum atomic E-state index is -0.620. The van der Waals surface area contributed by atoms with Gasteiger partial charge in [-0.15, -0.1) is 0 Å². The maximum atomic E-state index is 14.0. The van der Waals surface area contributed by atoms with Gasteiger partial charge < -0.3 is 30.9 Å². The second kappa shape index (κ2) is 9.17. The molecule has 6 N–H and O–H groups in total. The molecule has 0 amide bonds. The number of likely N-dealkylation sites (N-methyl/N-ethyl adjacent to an activating group) is 1. The summed E-state index contributed by atoms with van der Waals surface area (Å²) in [6.07, 6.45) is 2.23. The summed E-state index contributed by atoms with van der Waals surface area (Å²) in [5, 5.41) is 32.2. The second-order valence-corrected chi connectivity index (χ2v) is 9.10. The highest BCUT2D eigenvalue weighted by Gasteiger charge is 2.41. The van der Waals surface area contributed by atoms with Gasteiger partial charge in [-0.05, 0) is 50.7 Å². The molecule has 2 aromatic heterocycles. The molecule has 1 aromatic carbocycles. The van der Waals surface area contributed by atoms with Gasteiger partial charge in [-0.3, -0.25) is 18.7 Å². The van der Waals surface area contributed by atoms with Gasteiger partial charge >= 0.3 is 5.69 Å². The lowest BCUT2D eigenvalue weighted by Gasteiger charge is -2.23. The number of aromatic hydroxyl groups is 3. The number of hydrogen-bond acceptors (Lipinski definition) is 8. The van der Waals surface area contributed by atoms with Crippen LogP contribution >= 0.6 is 0 Å². The van der Waals surface area contributed by atoms with Gasteiger partial charge in [0.25, 0.3) is 0 Å². The first-order valence-corrected chi connectivity index (χ1v) is 11.4. The molecule has 0 aliphatic heterocycles. The molecular formula is C25H29N5O6. The molecule has 0 fully saturated rings. The third-order valence-electron chi connectivity index (χ3n) is 6.53. The number of imidazole rings is 1. The molecule has 0 atom stereocenters. The lowest BCUT2D eigenvalue weighted by atomic mass is 9.79. The second-order valence-electron chi connectivity index (χ2n) is 9.10. The van der Waals surface area contributed by atoms with Crippen LogP contribution in [0.3, 0.4) is 0 Å². The van der Waals surface area contributed by atoms with E-state index in [0.29, 0.717) is 30.5 Å². The standard InChI is InChI=1S/C25H29N5O6/c1-28(2)10-8-12-5-6-14(31)21(32)15(12)17-18(20-24(35)30(4)25(36)29(20)3)22(33)16-13(7-9-26)11-27-19(16)23(17)34/h5-6,11,27,31-32,35H,7-10,26H2,1-4H3. The summed E-state index contributed by atoms with van der Waals surface area (Å²) < 4.78 is 2.04. The predicted octanol–water partition coefficient (Wildman–Crippen LogP) is 0.764. The van der Waals surface area contributed by atoms with Gasteiger partial charge in [-0.1, -0.05) is 6.07 Å². The monoisotopic (exact) mass is 495 g/mol. The summed E-state index contributed by atoms with van der Waals surface area (Å²) in [5.74, 6) is -2.78. The average molecular weight is 496 g/mol. The van der Waals surface area contributed by atoms with Crippen LogP contribution < -0.4 is 11.4 Å². The van der Waals surface area contributed by atoms with Crippen LogP contribution in [0.25, 0.3) is 11.1 Å². The van der Waals surface area contributed by atoms with Gasteiger partial charge in [0, 0.05) is 38.0 Å². The zero-order valence-corrected chi connectivity index (χ0v) is 20.5. The first-order chi connectivity index (χ1) is 17.0. The molecule has 190 valence electrons. The smallest absolute Gasteiger partial charge is 0.331 e. The Labute approximate surface area is 206 Å². The van der Waals surface area contributed by atoms with Gasteiger partial charge in [-0.25, -0.2) is 4.79 Å². The van der Waals surface area contributed by atoms with E-state index in [9.17, 15) is 29.7 Å². The number of aromatic nitrogens is 3. The predicted molar refractivity (Wildman–Crippen MR) is 133 cm³/mol. The molecule has 2 heterocycles. The number of phenols is 2. The lowest BCUT2D eigenvalue weighted by Crippen LogP contribution is -2.25. The fourth-order valence-electron chi connectivity index (χ4n) is 4.65. The number of H-pyrrole nitrogens is 1. The highest BCUT2D eigenvalue weighted by molar-refractivity contribution is 6.52. The molecule has 1 aliphatic carbocycles. The number of allylic oxidation sites excluding steroid dienone is 2. The molecule has 0 saturated heterocycles. The molecule has 11 heteroatoms. The third kappa shape index (κ3) is 3.73. The summed E-state index contributed by atoms with van der Waals surface area (Å²) in [7, 11) is 6.44. The number of aromatic amines is 1. The minimum Gasteiger partial charge on any atom is -0.504 e. The molecule has 0 unspecified atom stereocenters. The summed E-state index contributed by atoms with van der Waals surface area (Å²) in [4.78, 5) is 45.4. The van der Waals surface area contributed by atoms with E-state index in [4.69, 9.17) is 5.73 Å². The molecule has 0 bridgehead atoms. The Morgan fingerprint density at radius 3 is 2.19 bits per heavy atom. The number of fused-ring (bicyclic) bond motifs is 1. The summed E-state index contributed by atoms with van der Waals surface area (Å²) in [5.41, 5.74) is 5.61. The van der Waals surface area contributed by atoms with Crippen LogP contribution in [0.2, 0.25) is 0 Å². The van der Waals surface area contributed by atoms with Crippen molar-refractivity contribution in [2.24, 2.45) is 19.8 Å². The normalized spacial score (nSPS) is 13.7. The van der Waals surface area contributed by atoms with Crippen molar-refractivity contribution in [3.63, 3.8) is 0 Å². The van der Waals surface area contributed by atoms with E-state index in [-0.39, 0.29) is 40.2 Å². The largest absolute Gasteiger partial charge is 0.504 e. The lowest BCUT2D eigenvalue weighted by molar-refractivity contribution is 0.101. The van der Waals surface area contributed by atoms with Crippen LogP contribution in [-0.2, 0) is 26.9 Å². The first kappa shape index (κ1) is 25.0. The molecule has 0 radical (unpaired) electrons. The van der Waals surface area contributed by atoms with Crippen molar-refractivity contribution in [3.8, 4) is 17.4 Å². The third-order valence-corrected chi connectivity index (χ3v) is 6.53. The van der Waals surface area contributed by atoms with E-state index < -0.39 is 34.6 Å². The van der Waals surface area contributed by atoms with Crippen LogP contribution in [0.1, 0.15) is 43.2 Å².